The monoisotopic (exact) mass is 316 g/mol. The lowest BCUT2D eigenvalue weighted by molar-refractivity contribution is -0.118. The van der Waals surface area contributed by atoms with Gasteiger partial charge in [0.2, 0.25) is 5.91 Å². The number of aliphatic hydroxyl groups is 1. The third-order valence-corrected chi connectivity index (χ3v) is 3.68. The Bertz CT molecular complexity index is 515. The first kappa shape index (κ1) is 16.2. The van der Waals surface area contributed by atoms with Crippen molar-refractivity contribution in [2.75, 3.05) is 31.6 Å². The normalized spacial score (nSPS) is 21.8. The van der Waals surface area contributed by atoms with Crippen LogP contribution < -0.4 is 5.32 Å². The van der Waals surface area contributed by atoms with Crippen LogP contribution in [0, 0.1) is 5.82 Å². The average molecular weight is 317 g/mol. The van der Waals surface area contributed by atoms with Crippen LogP contribution in [-0.4, -0.2) is 54.4 Å². The minimum absolute atomic E-state index is 0.0592. The Balaban J connectivity index is 1.96. The summed E-state index contributed by atoms with van der Waals surface area (Å²) in [4.78, 5) is 13.8. The Kier molecular flexibility index (Phi) is 5.52. The molecule has 116 valence electrons. The van der Waals surface area contributed by atoms with Gasteiger partial charge >= 0.3 is 0 Å². The maximum Gasteiger partial charge on any atom is 0.238 e. The SMILES string of the molecule is CCN(CC(=O)Nc1ccc(Cl)cc1F)[C@@H]1COC[C@H]1O. The molecule has 1 aliphatic rings. The second-order valence-corrected chi connectivity index (χ2v) is 5.34. The molecule has 1 heterocycles. The molecular formula is C14H18ClFN2O3. The molecule has 0 saturated carbocycles. The zero-order valence-electron chi connectivity index (χ0n) is 11.7. The van der Waals surface area contributed by atoms with Crippen LogP contribution in [0.4, 0.5) is 10.1 Å². The summed E-state index contributed by atoms with van der Waals surface area (Å²) in [5.74, 6) is -0.930. The molecule has 2 atom stereocenters. The van der Waals surface area contributed by atoms with Crippen LogP contribution in [0.25, 0.3) is 0 Å². The highest BCUT2D eigenvalue weighted by atomic mass is 35.5. The van der Waals surface area contributed by atoms with Crippen LogP contribution in [0.5, 0.6) is 0 Å². The van der Waals surface area contributed by atoms with Crippen LogP contribution >= 0.6 is 11.6 Å². The average Bonchev–Trinajstić information content (AvgIpc) is 2.85. The first-order valence-electron chi connectivity index (χ1n) is 6.76. The molecule has 5 nitrogen and oxygen atoms in total. The number of halogens is 2. The van der Waals surface area contributed by atoms with Crippen molar-refractivity contribution in [1.82, 2.24) is 4.90 Å². The zero-order valence-corrected chi connectivity index (χ0v) is 12.4. The quantitative estimate of drug-likeness (QED) is 0.864. The van der Waals surface area contributed by atoms with Crippen LogP contribution in [0.3, 0.4) is 0 Å². The summed E-state index contributed by atoms with van der Waals surface area (Å²) < 4.78 is 18.8. The highest BCUT2D eigenvalue weighted by molar-refractivity contribution is 6.30. The van der Waals surface area contributed by atoms with Gasteiger partial charge in [0, 0.05) is 5.02 Å². The number of anilines is 1. The molecule has 0 aliphatic carbocycles. The Morgan fingerprint density at radius 1 is 1.57 bits per heavy atom. The lowest BCUT2D eigenvalue weighted by atomic mass is 10.2. The summed E-state index contributed by atoms with van der Waals surface area (Å²) in [6.07, 6.45) is -0.606. The van der Waals surface area contributed by atoms with Gasteiger partial charge in [-0.15, -0.1) is 0 Å². The van der Waals surface area contributed by atoms with Crippen molar-refractivity contribution >= 4 is 23.2 Å². The van der Waals surface area contributed by atoms with Gasteiger partial charge < -0.3 is 15.2 Å². The van der Waals surface area contributed by atoms with Gasteiger partial charge in [-0.1, -0.05) is 18.5 Å². The molecule has 0 unspecified atom stereocenters. The third kappa shape index (κ3) is 4.14. The molecule has 1 aromatic rings. The van der Waals surface area contributed by atoms with Crippen LogP contribution in [0.2, 0.25) is 5.02 Å². The minimum atomic E-state index is -0.606. The summed E-state index contributed by atoms with van der Waals surface area (Å²) in [5.41, 5.74) is 0.0867. The van der Waals surface area contributed by atoms with E-state index in [1.165, 1.54) is 12.1 Å². The van der Waals surface area contributed by atoms with E-state index in [9.17, 15) is 14.3 Å². The number of amides is 1. The number of rotatable bonds is 5. The smallest absolute Gasteiger partial charge is 0.238 e. The minimum Gasteiger partial charge on any atom is -0.389 e. The van der Waals surface area contributed by atoms with Crippen molar-refractivity contribution in [2.45, 2.75) is 19.1 Å². The Morgan fingerprint density at radius 2 is 2.33 bits per heavy atom. The largest absolute Gasteiger partial charge is 0.389 e. The topological polar surface area (TPSA) is 61.8 Å². The van der Waals surface area contributed by atoms with E-state index in [0.29, 0.717) is 13.2 Å². The molecule has 1 amide bonds. The molecule has 0 radical (unpaired) electrons. The van der Waals surface area contributed by atoms with Crippen molar-refractivity contribution in [2.24, 2.45) is 0 Å². The molecule has 21 heavy (non-hydrogen) atoms. The lowest BCUT2D eigenvalue weighted by Crippen LogP contribution is -2.46. The summed E-state index contributed by atoms with van der Waals surface area (Å²) in [5, 5.41) is 12.6. The molecule has 0 spiro atoms. The lowest BCUT2D eigenvalue weighted by Gasteiger charge is -2.27. The number of carbonyl (C=O) groups excluding carboxylic acids is 1. The van der Waals surface area contributed by atoms with Gasteiger partial charge in [0.05, 0.1) is 37.6 Å². The number of hydrogen-bond donors (Lipinski definition) is 2. The van der Waals surface area contributed by atoms with Crippen molar-refractivity contribution in [3.8, 4) is 0 Å². The number of aliphatic hydroxyl groups excluding tert-OH is 1. The number of ether oxygens (including phenoxy) is 1. The molecule has 1 aromatic carbocycles. The second kappa shape index (κ2) is 7.17. The van der Waals surface area contributed by atoms with E-state index in [0.717, 1.165) is 6.07 Å². The van der Waals surface area contributed by atoms with E-state index in [1.807, 2.05) is 6.92 Å². The van der Waals surface area contributed by atoms with E-state index in [4.69, 9.17) is 16.3 Å². The number of nitrogens with one attached hydrogen (secondary N) is 1. The standard InChI is InChI=1S/C14H18ClFN2O3/c1-2-18(12-7-21-8-13(12)19)6-14(20)17-11-4-3-9(15)5-10(11)16/h3-5,12-13,19H,2,6-8H2,1H3,(H,17,20)/t12-,13-/m1/s1. The van der Waals surface area contributed by atoms with Gasteiger partial charge in [-0.25, -0.2) is 4.39 Å². The summed E-state index contributed by atoms with van der Waals surface area (Å²) in [7, 11) is 0. The van der Waals surface area contributed by atoms with Gasteiger partial charge in [-0.3, -0.25) is 9.69 Å². The van der Waals surface area contributed by atoms with E-state index < -0.39 is 11.9 Å². The molecule has 7 heteroatoms. The van der Waals surface area contributed by atoms with Crippen LogP contribution in [-0.2, 0) is 9.53 Å². The van der Waals surface area contributed by atoms with E-state index in [-0.39, 0.29) is 35.8 Å². The summed E-state index contributed by atoms with van der Waals surface area (Å²) in [6, 6.07) is 3.85. The third-order valence-electron chi connectivity index (χ3n) is 3.45. The second-order valence-electron chi connectivity index (χ2n) is 4.91. The predicted molar refractivity (Wildman–Crippen MR) is 77.9 cm³/mol. The Hall–Kier alpha value is -1.21. The van der Waals surface area contributed by atoms with Gasteiger partial charge in [0.25, 0.3) is 0 Å². The van der Waals surface area contributed by atoms with E-state index in [1.54, 1.807) is 4.90 Å². The Morgan fingerprint density at radius 3 is 2.90 bits per heavy atom. The van der Waals surface area contributed by atoms with Gasteiger partial charge in [-0.2, -0.15) is 0 Å². The van der Waals surface area contributed by atoms with Crippen LogP contribution in [0.15, 0.2) is 18.2 Å². The number of carbonyl (C=O) groups is 1. The molecule has 0 bridgehead atoms. The predicted octanol–water partition coefficient (Wildman–Crippen LogP) is 1.50. The first-order chi connectivity index (χ1) is 10.0. The van der Waals surface area contributed by atoms with Gasteiger partial charge in [-0.05, 0) is 24.7 Å². The zero-order chi connectivity index (χ0) is 15.4. The van der Waals surface area contributed by atoms with Crippen molar-refractivity contribution in [3.63, 3.8) is 0 Å². The summed E-state index contributed by atoms with van der Waals surface area (Å²) in [6.45, 7) is 3.19. The van der Waals surface area contributed by atoms with Crippen molar-refractivity contribution in [3.05, 3.63) is 29.0 Å². The molecule has 0 aromatic heterocycles. The number of nitrogens with zero attached hydrogens (tertiary/aromatic N) is 1. The molecular weight excluding hydrogens is 299 g/mol. The first-order valence-corrected chi connectivity index (χ1v) is 7.13. The number of likely N-dealkylation sites (N-methyl/N-ethyl adjacent to an activating group) is 1. The maximum absolute atomic E-state index is 13.6. The van der Waals surface area contributed by atoms with Crippen molar-refractivity contribution < 1.29 is 19.0 Å². The Labute approximate surface area is 127 Å². The van der Waals surface area contributed by atoms with Gasteiger partial charge in [0.15, 0.2) is 0 Å². The fourth-order valence-corrected chi connectivity index (χ4v) is 2.47. The fraction of sp³-hybridized carbons (Fsp3) is 0.500. The molecule has 1 saturated heterocycles. The molecule has 1 fully saturated rings. The van der Waals surface area contributed by atoms with Crippen molar-refractivity contribution in [1.29, 1.82) is 0 Å². The van der Waals surface area contributed by atoms with E-state index >= 15 is 0 Å². The highest BCUT2D eigenvalue weighted by Gasteiger charge is 2.31. The highest BCUT2D eigenvalue weighted by Crippen LogP contribution is 2.19. The number of hydrogen-bond acceptors (Lipinski definition) is 4. The fourth-order valence-electron chi connectivity index (χ4n) is 2.31. The number of benzene rings is 1. The molecule has 1 aliphatic heterocycles. The van der Waals surface area contributed by atoms with Gasteiger partial charge in [0.1, 0.15) is 5.82 Å². The maximum atomic E-state index is 13.6. The molecule has 2 rings (SSSR count). The molecule has 2 N–H and O–H groups in total. The van der Waals surface area contributed by atoms with E-state index in [2.05, 4.69) is 5.32 Å². The summed E-state index contributed by atoms with van der Waals surface area (Å²) >= 11 is 5.66. The van der Waals surface area contributed by atoms with Crippen LogP contribution in [0.1, 0.15) is 6.92 Å².